The van der Waals surface area contributed by atoms with Crippen molar-refractivity contribution in [3.8, 4) is 0 Å². The summed E-state index contributed by atoms with van der Waals surface area (Å²) in [5.74, 6) is 0.574. The largest absolute Gasteiger partial charge is 0.285 e. The average molecular weight is 165 g/mol. The molecule has 0 bridgehead atoms. The first-order chi connectivity index (χ1) is 5.41. The smallest absolute Gasteiger partial charge is 0.0611 e. The number of hydrogen-bond acceptors (Lipinski definition) is 1. The Bertz CT molecular complexity index is 226. The quantitative estimate of drug-likeness (QED) is 0.566. The minimum Gasteiger partial charge on any atom is -0.285 e. The minimum atomic E-state index is 0.292. The van der Waals surface area contributed by atoms with E-state index in [1.54, 1.807) is 0 Å². The molecular weight excluding hydrogens is 146 g/mol. The van der Waals surface area contributed by atoms with E-state index >= 15 is 0 Å². The van der Waals surface area contributed by atoms with Crippen LogP contribution in [0.2, 0.25) is 0 Å². The highest BCUT2D eigenvalue weighted by atomic mass is 14.8. The maximum absolute atomic E-state index is 4.51. The zero-order valence-electron chi connectivity index (χ0n) is 8.81. The van der Waals surface area contributed by atoms with Crippen LogP contribution < -0.4 is 0 Å². The van der Waals surface area contributed by atoms with Crippen LogP contribution in [-0.2, 0) is 0 Å². The second-order valence-corrected chi connectivity index (χ2v) is 4.82. The van der Waals surface area contributed by atoms with Gasteiger partial charge in [0.05, 0.1) is 6.54 Å². The van der Waals surface area contributed by atoms with E-state index in [2.05, 4.69) is 45.7 Å². The number of allylic oxidation sites excluding steroid dienone is 1. The van der Waals surface area contributed by atoms with Gasteiger partial charge in [0, 0.05) is 5.71 Å². The van der Waals surface area contributed by atoms with E-state index in [-0.39, 0.29) is 0 Å². The van der Waals surface area contributed by atoms with Gasteiger partial charge in [0.2, 0.25) is 0 Å². The van der Waals surface area contributed by atoms with Crippen LogP contribution in [0.3, 0.4) is 0 Å². The third kappa shape index (κ3) is 1.96. The van der Waals surface area contributed by atoms with E-state index in [9.17, 15) is 0 Å². The fraction of sp³-hybridized carbons (Fsp3) is 0.727. The van der Waals surface area contributed by atoms with Crippen LogP contribution in [0.15, 0.2) is 16.6 Å². The lowest BCUT2D eigenvalue weighted by atomic mass is 9.86. The van der Waals surface area contributed by atoms with E-state index < -0.39 is 0 Å². The standard InChI is InChI=1S/C11H19N/c1-8(2)10-6-9(7-12-10)11(3,4)5/h6,8H,7H2,1-5H3. The summed E-state index contributed by atoms with van der Waals surface area (Å²) in [5, 5.41) is 0. The van der Waals surface area contributed by atoms with Crippen molar-refractivity contribution in [2.24, 2.45) is 16.3 Å². The number of aliphatic imine (C=N–C) groups is 1. The Kier molecular flexibility index (Phi) is 2.41. The maximum atomic E-state index is 4.51. The van der Waals surface area contributed by atoms with E-state index in [0.717, 1.165) is 6.54 Å². The van der Waals surface area contributed by atoms with E-state index in [4.69, 9.17) is 0 Å². The summed E-state index contributed by atoms with van der Waals surface area (Å²) >= 11 is 0. The maximum Gasteiger partial charge on any atom is 0.0611 e. The first-order valence-corrected chi connectivity index (χ1v) is 4.66. The Hall–Kier alpha value is -0.590. The summed E-state index contributed by atoms with van der Waals surface area (Å²) in [6.07, 6.45) is 2.27. The Labute approximate surface area is 75.6 Å². The molecule has 68 valence electrons. The van der Waals surface area contributed by atoms with Crippen LogP contribution in [-0.4, -0.2) is 12.3 Å². The third-order valence-corrected chi connectivity index (χ3v) is 2.31. The van der Waals surface area contributed by atoms with Crippen molar-refractivity contribution in [3.05, 3.63) is 11.6 Å². The molecule has 0 spiro atoms. The predicted molar refractivity (Wildman–Crippen MR) is 54.7 cm³/mol. The van der Waals surface area contributed by atoms with Crippen LogP contribution in [0, 0.1) is 11.3 Å². The van der Waals surface area contributed by atoms with Gasteiger partial charge in [0.25, 0.3) is 0 Å². The Morgan fingerprint density at radius 1 is 1.33 bits per heavy atom. The average Bonchev–Trinajstić information content (AvgIpc) is 2.30. The first-order valence-electron chi connectivity index (χ1n) is 4.66. The van der Waals surface area contributed by atoms with Gasteiger partial charge in [-0.1, -0.05) is 34.6 Å². The Morgan fingerprint density at radius 2 is 1.92 bits per heavy atom. The summed E-state index contributed by atoms with van der Waals surface area (Å²) in [6, 6.07) is 0. The topological polar surface area (TPSA) is 12.4 Å². The second-order valence-electron chi connectivity index (χ2n) is 4.82. The molecule has 0 atom stereocenters. The monoisotopic (exact) mass is 165 g/mol. The molecule has 1 heterocycles. The van der Waals surface area contributed by atoms with Gasteiger partial charge < -0.3 is 0 Å². The first kappa shape index (κ1) is 9.50. The highest BCUT2D eigenvalue weighted by Gasteiger charge is 2.21. The number of hydrogen-bond donors (Lipinski definition) is 0. The van der Waals surface area contributed by atoms with Crippen molar-refractivity contribution in [2.75, 3.05) is 6.54 Å². The van der Waals surface area contributed by atoms with Crippen LogP contribution in [0.4, 0.5) is 0 Å². The summed E-state index contributed by atoms with van der Waals surface area (Å²) < 4.78 is 0. The molecule has 0 fully saturated rings. The highest BCUT2D eigenvalue weighted by molar-refractivity contribution is 5.99. The minimum absolute atomic E-state index is 0.292. The normalized spacial score (nSPS) is 18.2. The molecule has 1 rings (SSSR count). The van der Waals surface area contributed by atoms with Crippen molar-refractivity contribution in [1.82, 2.24) is 0 Å². The highest BCUT2D eigenvalue weighted by Crippen LogP contribution is 2.28. The van der Waals surface area contributed by atoms with Crippen molar-refractivity contribution in [1.29, 1.82) is 0 Å². The zero-order chi connectivity index (χ0) is 9.35. The molecule has 12 heavy (non-hydrogen) atoms. The molecule has 0 aromatic heterocycles. The van der Waals surface area contributed by atoms with Gasteiger partial charge in [-0.05, 0) is 23.0 Å². The van der Waals surface area contributed by atoms with Gasteiger partial charge >= 0.3 is 0 Å². The van der Waals surface area contributed by atoms with Gasteiger partial charge in [-0.3, -0.25) is 4.99 Å². The molecule has 1 aliphatic heterocycles. The van der Waals surface area contributed by atoms with Gasteiger partial charge in [-0.2, -0.15) is 0 Å². The summed E-state index contributed by atoms with van der Waals surface area (Å²) in [6.45, 7) is 12.0. The van der Waals surface area contributed by atoms with Crippen LogP contribution in [0.5, 0.6) is 0 Å². The fourth-order valence-corrected chi connectivity index (χ4v) is 1.25. The van der Waals surface area contributed by atoms with Crippen LogP contribution in [0.25, 0.3) is 0 Å². The SMILES string of the molecule is CC(C)C1=NCC(C(C)(C)C)=C1. The number of rotatable bonds is 1. The molecule has 0 saturated heterocycles. The molecule has 1 nitrogen and oxygen atoms in total. The van der Waals surface area contributed by atoms with Gasteiger partial charge in [-0.25, -0.2) is 0 Å². The van der Waals surface area contributed by atoms with Crippen molar-refractivity contribution in [3.63, 3.8) is 0 Å². The van der Waals surface area contributed by atoms with E-state index in [1.807, 2.05) is 0 Å². The van der Waals surface area contributed by atoms with Gasteiger partial charge in [0.15, 0.2) is 0 Å². The van der Waals surface area contributed by atoms with E-state index in [1.165, 1.54) is 11.3 Å². The summed E-state index contributed by atoms with van der Waals surface area (Å²) in [5.41, 5.74) is 3.02. The lowest BCUT2D eigenvalue weighted by Crippen LogP contribution is -2.10. The van der Waals surface area contributed by atoms with Gasteiger partial charge in [-0.15, -0.1) is 0 Å². The molecule has 1 heteroatoms. The van der Waals surface area contributed by atoms with Crippen molar-refractivity contribution >= 4 is 5.71 Å². The summed E-state index contributed by atoms with van der Waals surface area (Å²) in [4.78, 5) is 4.51. The predicted octanol–water partition coefficient (Wildman–Crippen LogP) is 3.07. The van der Waals surface area contributed by atoms with Crippen molar-refractivity contribution in [2.45, 2.75) is 34.6 Å². The zero-order valence-corrected chi connectivity index (χ0v) is 8.81. The fourth-order valence-electron chi connectivity index (χ4n) is 1.25. The molecule has 0 unspecified atom stereocenters. The molecule has 1 aliphatic rings. The van der Waals surface area contributed by atoms with Crippen LogP contribution >= 0.6 is 0 Å². The van der Waals surface area contributed by atoms with Crippen molar-refractivity contribution < 1.29 is 0 Å². The van der Waals surface area contributed by atoms with E-state index in [0.29, 0.717) is 11.3 Å². The molecule has 0 aromatic rings. The van der Waals surface area contributed by atoms with Gasteiger partial charge in [0.1, 0.15) is 0 Å². The van der Waals surface area contributed by atoms with Crippen LogP contribution in [0.1, 0.15) is 34.6 Å². The lowest BCUT2D eigenvalue weighted by Gasteiger charge is -2.19. The molecule has 0 N–H and O–H groups in total. The molecule has 0 amide bonds. The molecule has 0 saturated carbocycles. The summed E-state index contributed by atoms with van der Waals surface area (Å²) in [7, 11) is 0. The number of nitrogens with zero attached hydrogens (tertiary/aromatic N) is 1. The third-order valence-electron chi connectivity index (χ3n) is 2.31. The Morgan fingerprint density at radius 3 is 2.17 bits per heavy atom. The second kappa shape index (κ2) is 3.04. The molecular formula is C11H19N. The lowest BCUT2D eigenvalue weighted by molar-refractivity contribution is 0.499. The Balaban J connectivity index is 2.74. The molecule has 0 aromatic carbocycles. The molecule has 0 aliphatic carbocycles. The molecule has 0 radical (unpaired) electrons.